The van der Waals surface area contributed by atoms with Crippen LogP contribution in [0.25, 0.3) is 0 Å². The second-order valence-electron chi connectivity index (χ2n) is 4.84. The summed E-state index contributed by atoms with van der Waals surface area (Å²) in [5.41, 5.74) is 0.821. The fourth-order valence-electron chi connectivity index (χ4n) is 2.20. The highest BCUT2D eigenvalue weighted by atomic mass is 79.9. The molecule has 1 nitrogen and oxygen atoms in total. The molecule has 1 N–H and O–H groups in total. The summed E-state index contributed by atoms with van der Waals surface area (Å²) in [5, 5.41) is 3.02. The van der Waals surface area contributed by atoms with E-state index in [9.17, 15) is 13.2 Å². The van der Waals surface area contributed by atoms with E-state index in [1.54, 1.807) is 25.2 Å². The SMILES string of the molecule is CNC(Cc1ccc(Br)cc1F)Cc1cccc(F)c1F. The van der Waals surface area contributed by atoms with Crippen molar-refractivity contribution in [3.63, 3.8) is 0 Å². The molecule has 0 heterocycles. The van der Waals surface area contributed by atoms with E-state index < -0.39 is 11.6 Å². The van der Waals surface area contributed by atoms with Crippen LogP contribution in [0.4, 0.5) is 13.2 Å². The third-order valence-corrected chi connectivity index (χ3v) is 3.88. The Morgan fingerprint density at radius 1 is 1.00 bits per heavy atom. The molecule has 0 fully saturated rings. The van der Waals surface area contributed by atoms with Gasteiger partial charge in [0.1, 0.15) is 5.82 Å². The zero-order valence-corrected chi connectivity index (χ0v) is 13.1. The van der Waals surface area contributed by atoms with Crippen LogP contribution in [0.15, 0.2) is 40.9 Å². The lowest BCUT2D eigenvalue weighted by Gasteiger charge is -2.17. The molecule has 1 atom stereocenters. The van der Waals surface area contributed by atoms with E-state index in [0.29, 0.717) is 16.5 Å². The van der Waals surface area contributed by atoms with E-state index >= 15 is 0 Å². The summed E-state index contributed by atoms with van der Waals surface area (Å²) in [6.45, 7) is 0. The van der Waals surface area contributed by atoms with Crippen LogP contribution in [-0.4, -0.2) is 13.1 Å². The molecule has 112 valence electrons. The van der Waals surface area contributed by atoms with Crippen LogP contribution >= 0.6 is 15.9 Å². The van der Waals surface area contributed by atoms with Crippen LogP contribution in [0, 0.1) is 17.5 Å². The van der Waals surface area contributed by atoms with Crippen molar-refractivity contribution < 1.29 is 13.2 Å². The molecule has 0 bridgehead atoms. The Balaban J connectivity index is 2.15. The minimum Gasteiger partial charge on any atom is -0.316 e. The molecule has 0 aliphatic heterocycles. The molecule has 0 radical (unpaired) electrons. The van der Waals surface area contributed by atoms with Crippen molar-refractivity contribution in [3.05, 3.63) is 69.4 Å². The normalized spacial score (nSPS) is 12.4. The first-order valence-corrected chi connectivity index (χ1v) is 7.34. The molecule has 2 aromatic rings. The summed E-state index contributed by atoms with van der Waals surface area (Å²) in [7, 11) is 1.72. The number of benzene rings is 2. The predicted octanol–water partition coefficient (Wildman–Crippen LogP) is 4.24. The topological polar surface area (TPSA) is 12.0 Å². The first-order chi connectivity index (χ1) is 10.0. The minimum atomic E-state index is -0.864. The second-order valence-corrected chi connectivity index (χ2v) is 5.76. The maximum atomic E-state index is 13.8. The summed E-state index contributed by atoms with van der Waals surface area (Å²) in [6, 6.07) is 8.75. The Morgan fingerprint density at radius 3 is 2.38 bits per heavy atom. The third kappa shape index (κ3) is 4.08. The third-order valence-electron chi connectivity index (χ3n) is 3.39. The van der Waals surface area contributed by atoms with Gasteiger partial charge in [-0.05, 0) is 49.2 Å². The monoisotopic (exact) mass is 357 g/mol. The quantitative estimate of drug-likeness (QED) is 0.843. The molecule has 2 rings (SSSR count). The van der Waals surface area contributed by atoms with Gasteiger partial charge in [-0.1, -0.05) is 34.1 Å². The van der Waals surface area contributed by atoms with Crippen molar-refractivity contribution in [1.29, 1.82) is 0 Å². The summed E-state index contributed by atoms with van der Waals surface area (Å²) in [4.78, 5) is 0. The van der Waals surface area contributed by atoms with E-state index in [0.717, 1.165) is 6.07 Å². The molecule has 0 aromatic heterocycles. The molecular weight excluding hydrogens is 343 g/mol. The number of hydrogen-bond donors (Lipinski definition) is 1. The number of nitrogens with one attached hydrogen (secondary N) is 1. The van der Waals surface area contributed by atoms with Crippen LogP contribution in [0.1, 0.15) is 11.1 Å². The van der Waals surface area contributed by atoms with E-state index in [2.05, 4.69) is 21.2 Å². The van der Waals surface area contributed by atoms with Gasteiger partial charge in [-0.2, -0.15) is 0 Å². The van der Waals surface area contributed by atoms with E-state index in [4.69, 9.17) is 0 Å². The second kappa shape index (κ2) is 7.09. The zero-order valence-electron chi connectivity index (χ0n) is 11.5. The highest BCUT2D eigenvalue weighted by molar-refractivity contribution is 9.10. The Bertz CT molecular complexity index is 631. The summed E-state index contributed by atoms with van der Waals surface area (Å²) >= 11 is 3.20. The van der Waals surface area contributed by atoms with Gasteiger partial charge in [0.2, 0.25) is 0 Å². The van der Waals surface area contributed by atoms with Gasteiger partial charge in [-0.15, -0.1) is 0 Å². The largest absolute Gasteiger partial charge is 0.316 e. The summed E-state index contributed by atoms with van der Waals surface area (Å²) < 4.78 is 41.4. The van der Waals surface area contributed by atoms with Crippen LogP contribution in [0.3, 0.4) is 0 Å². The van der Waals surface area contributed by atoms with Crippen molar-refractivity contribution in [3.8, 4) is 0 Å². The zero-order chi connectivity index (χ0) is 15.4. The van der Waals surface area contributed by atoms with Gasteiger partial charge >= 0.3 is 0 Å². The first kappa shape index (κ1) is 16.0. The van der Waals surface area contributed by atoms with Gasteiger partial charge in [0.25, 0.3) is 0 Å². The van der Waals surface area contributed by atoms with Gasteiger partial charge in [-0.3, -0.25) is 0 Å². The molecule has 0 saturated carbocycles. The standard InChI is InChI=1S/C16H15BrF3N/c1-21-13(7-10-5-6-12(17)9-15(10)19)8-11-3-2-4-14(18)16(11)20/h2-6,9,13,21H,7-8H2,1H3. The maximum absolute atomic E-state index is 13.8. The van der Waals surface area contributed by atoms with Crippen molar-refractivity contribution >= 4 is 15.9 Å². The highest BCUT2D eigenvalue weighted by Crippen LogP contribution is 2.19. The number of rotatable bonds is 5. The van der Waals surface area contributed by atoms with Crippen molar-refractivity contribution in [1.82, 2.24) is 5.32 Å². The Kier molecular flexibility index (Phi) is 5.42. The van der Waals surface area contributed by atoms with Crippen LogP contribution in [0.2, 0.25) is 0 Å². The molecule has 0 saturated heterocycles. The lowest BCUT2D eigenvalue weighted by Crippen LogP contribution is -2.30. The van der Waals surface area contributed by atoms with E-state index in [-0.39, 0.29) is 23.8 Å². The smallest absolute Gasteiger partial charge is 0.162 e. The lowest BCUT2D eigenvalue weighted by molar-refractivity contribution is 0.479. The van der Waals surface area contributed by atoms with E-state index in [1.807, 2.05) is 0 Å². The summed E-state index contributed by atoms with van der Waals surface area (Å²) in [5.74, 6) is -2.02. The number of halogens is 4. The average molecular weight is 358 g/mol. The number of hydrogen-bond acceptors (Lipinski definition) is 1. The molecule has 5 heteroatoms. The van der Waals surface area contributed by atoms with Gasteiger partial charge in [0.15, 0.2) is 11.6 Å². The Hall–Kier alpha value is -1.33. The fourth-order valence-corrected chi connectivity index (χ4v) is 2.53. The summed E-state index contributed by atoms with van der Waals surface area (Å²) in [6.07, 6.45) is 0.682. The lowest BCUT2D eigenvalue weighted by atomic mass is 9.98. The van der Waals surface area contributed by atoms with Crippen molar-refractivity contribution in [2.24, 2.45) is 0 Å². The molecule has 0 aliphatic carbocycles. The van der Waals surface area contributed by atoms with Crippen molar-refractivity contribution in [2.45, 2.75) is 18.9 Å². The molecular formula is C16H15BrF3N. The first-order valence-electron chi connectivity index (χ1n) is 6.55. The van der Waals surface area contributed by atoms with Crippen LogP contribution in [0.5, 0.6) is 0 Å². The Morgan fingerprint density at radius 2 is 1.71 bits per heavy atom. The minimum absolute atomic E-state index is 0.183. The fraction of sp³-hybridized carbons (Fsp3) is 0.250. The van der Waals surface area contributed by atoms with Gasteiger partial charge in [0.05, 0.1) is 0 Å². The number of likely N-dealkylation sites (N-methyl/N-ethyl adjacent to an activating group) is 1. The molecule has 0 amide bonds. The van der Waals surface area contributed by atoms with Gasteiger partial charge < -0.3 is 5.32 Å². The maximum Gasteiger partial charge on any atom is 0.162 e. The molecule has 21 heavy (non-hydrogen) atoms. The van der Waals surface area contributed by atoms with Crippen LogP contribution < -0.4 is 5.32 Å². The van der Waals surface area contributed by atoms with Crippen LogP contribution in [-0.2, 0) is 12.8 Å². The molecule has 1 unspecified atom stereocenters. The van der Waals surface area contributed by atoms with E-state index in [1.165, 1.54) is 12.1 Å². The van der Waals surface area contributed by atoms with Gasteiger partial charge in [-0.25, -0.2) is 13.2 Å². The predicted molar refractivity (Wildman–Crippen MR) is 80.7 cm³/mol. The van der Waals surface area contributed by atoms with Gasteiger partial charge in [0, 0.05) is 10.5 Å². The average Bonchev–Trinajstić information content (AvgIpc) is 2.45. The van der Waals surface area contributed by atoms with Crippen molar-refractivity contribution in [2.75, 3.05) is 7.05 Å². The Labute approximate surface area is 130 Å². The highest BCUT2D eigenvalue weighted by Gasteiger charge is 2.15. The molecule has 0 spiro atoms. The molecule has 2 aromatic carbocycles. The molecule has 0 aliphatic rings.